The van der Waals surface area contributed by atoms with Crippen LogP contribution in [0.1, 0.15) is 13.8 Å². The Morgan fingerprint density at radius 1 is 1.36 bits per heavy atom. The van der Waals surface area contributed by atoms with E-state index in [4.69, 9.17) is 0 Å². The van der Waals surface area contributed by atoms with Crippen LogP contribution in [0.25, 0.3) is 0 Å². The molecule has 0 rings (SSSR count). The molecular formula is C7H13O6P. The number of esters is 1. The molecule has 0 heterocycles. The molecule has 82 valence electrons. The van der Waals surface area contributed by atoms with Gasteiger partial charge in [-0.15, -0.1) is 0 Å². The number of carbonyl (C=O) groups is 2. The Bertz CT molecular complexity index is 273. The van der Waals surface area contributed by atoms with Crippen LogP contribution in [0.15, 0.2) is 0 Å². The van der Waals surface area contributed by atoms with Gasteiger partial charge in [-0.2, -0.15) is 0 Å². The van der Waals surface area contributed by atoms with E-state index in [9.17, 15) is 14.2 Å². The van der Waals surface area contributed by atoms with Crippen molar-refractivity contribution in [1.29, 1.82) is 0 Å². The summed E-state index contributed by atoms with van der Waals surface area (Å²) in [5.74, 6) is -1.51. The second-order valence-electron chi connectivity index (χ2n) is 2.62. The molecule has 2 atom stereocenters. The van der Waals surface area contributed by atoms with Crippen molar-refractivity contribution in [3.05, 3.63) is 0 Å². The molecule has 0 N–H and O–H groups in total. The topological polar surface area (TPSA) is 78.9 Å². The van der Waals surface area contributed by atoms with Crippen molar-refractivity contribution in [3.63, 3.8) is 0 Å². The maximum atomic E-state index is 11.2. The van der Waals surface area contributed by atoms with Crippen LogP contribution in [0.2, 0.25) is 0 Å². The molecule has 0 saturated heterocycles. The average Bonchev–Trinajstić information content (AvgIpc) is 2.02. The quantitative estimate of drug-likeness (QED) is 0.522. The molecule has 0 aromatic rings. The van der Waals surface area contributed by atoms with Crippen LogP contribution < -0.4 is 0 Å². The van der Waals surface area contributed by atoms with Gasteiger partial charge in [0.15, 0.2) is 6.10 Å². The molecule has 0 radical (unpaired) electrons. The van der Waals surface area contributed by atoms with Gasteiger partial charge >= 0.3 is 19.5 Å². The van der Waals surface area contributed by atoms with Crippen LogP contribution in [0, 0.1) is 0 Å². The van der Waals surface area contributed by atoms with Crippen LogP contribution in [0.4, 0.5) is 0 Å². The zero-order valence-electron chi connectivity index (χ0n) is 8.47. The highest BCUT2D eigenvalue weighted by atomic mass is 31.2. The smallest absolute Gasteiger partial charge is 0.378 e. The molecule has 1 unspecified atom stereocenters. The average molecular weight is 224 g/mol. The number of ether oxygens (including phenoxy) is 1. The molecule has 0 aliphatic heterocycles. The molecule has 6 nitrogen and oxygen atoms in total. The lowest BCUT2D eigenvalue weighted by atomic mass is 10.4. The Morgan fingerprint density at radius 3 is 2.21 bits per heavy atom. The van der Waals surface area contributed by atoms with Crippen molar-refractivity contribution in [3.8, 4) is 0 Å². The summed E-state index contributed by atoms with van der Waals surface area (Å²) in [6.45, 7) is 3.62. The highest BCUT2D eigenvalue weighted by Gasteiger charge is 2.26. The third kappa shape index (κ3) is 4.99. The van der Waals surface area contributed by atoms with Crippen molar-refractivity contribution in [1.82, 2.24) is 0 Å². The minimum absolute atomic E-state index is 0.613. The van der Waals surface area contributed by atoms with Gasteiger partial charge in [0, 0.05) is 20.7 Å². The van der Waals surface area contributed by atoms with E-state index < -0.39 is 25.6 Å². The van der Waals surface area contributed by atoms with E-state index in [2.05, 4.69) is 13.8 Å². The number of carbonyl (C=O) groups excluding carboxylic acids is 2. The predicted molar refractivity (Wildman–Crippen MR) is 47.9 cm³/mol. The van der Waals surface area contributed by atoms with Gasteiger partial charge in [-0.1, -0.05) is 0 Å². The zero-order chi connectivity index (χ0) is 11.4. The van der Waals surface area contributed by atoms with Gasteiger partial charge in [-0.25, -0.2) is 9.36 Å². The Labute approximate surface area is 82.1 Å². The maximum absolute atomic E-state index is 11.2. The van der Waals surface area contributed by atoms with E-state index in [0.717, 1.165) is 20.7 Å². The largest absolute Gasteiger partial charge is 0.451 e. The molecule has 0 saturated carbocycles. The van der Waals surface area contributed by atoms with Crippen molar-refractivity contribution in [2.45, 2.75) is 20.0 Å². The van der Waals surface area contributed by atoms with Gasteiger partial charge in [0.2, 0.25) is 0 Å². The second-order valence-corrected chi connectivity index (χ2v) is 4.71. The molecule has 0 spiro atoms. The minimum Gasteiger partial charge on any atom is -0.451 e. The fraction of sp³-hybridized carbons (Fsp3) is 0.714. The molecular weight excluding hydrogens is 211 g/mol. The van der Waals surface area contributed by atoms with Crippen molar-refractivity contribution >= 4 is 19.5 Å². The van der Waals surface area contributed by atoms with Crippen LogP contribution in [-0.2, 0) is 27.9 Å². The molecule has 0 fully saturated rings. The second kappa shape index (κ2) is 5.12. The first-order chi connectivity index (χ1) is 6.28. The molecule has 14 heavy (non-hydrogen) atoms. The van der Waals surface area contributed by atoms with E-state index in [1.165, 1.54) is 6.92 Å². The lowest BCUT2D eigenvalue weighted by Gasteiger charge is -2.14. The third-order valence-electron chi connectivity index (χ3n) is 1.26. The summed E-state index contributed by atoms with van der Waals surface area (Å²) in [5, 5.41) is 0. The maximum Gasteiger partial charge on any atom is 0.378 e. The van der Waals surface area contributed by atoms with Crippen LogP contribution in [-0.4, -0.2) is 31.8 Å². The van der Waals surface area contributed by atoms with E-state index in [-0.39, 0.29) is 0 Å². The van der Waals surface area contributed by atoms with Crippen molar-refractivity contribution in [2.75, 3.05) is 13.8 Å². The fourth-order valence-electron chi connectivity index (χ4n) is 0.572. The summed E-state index contributed by atoms with van der Waals surface area (Å²) in [6.07, 6.45) is -1.09. The van der Waals surface area contributed by atoms with Gasteiger partial charge in [0.25, 0.3) is 0 Å². The highest BCUT2D eigenvalue weighted by Crippen LogP contribution is 2.43. The molecule has 0 amide bonds. The van der Waals surface area contributed by atoms with E-state index in [1.54, 1.807) is 0 Å². The van der Waals surface area contributed by atoms with Crippen LogP contribution in [0.5, 0.6) is 0 Å². The Hall–Kier alpha value is -0.870. The van der Waals surface area contributed by atoms with Crippen molar-refractivity contribution in [2.24, 2.45) is 0 Å². The number of hydrogen-bond acceptors (Lipinski definition) is 6. The highest BCUT2D eigenvalue weighted by molar-refractivity contribution is 7.53. The summed E-state index contributed by atoms with van der Waals surface area (Å²) in [5.41, 5.74) is 0. The van der Waals surface area contributed by atoms with Crippen LogP contribution in [0.3, 0.4) is 0 Å². The molecule has 0 aliphatic carbocycles. The zero-order valence-corrected chi connectivity index (χ0v) is 9.37. The Balaban J connectivity index is 4.21. The monoisotopic (exact) mass is 224 g/mol. The van der Waals surface area contributed by atoms with Gasteiger partial charge in [-0.05, 0) is 6.92 Å². The molecule has 7 heteroatoms. The number of rotatable bonds is 4. The van der Waals surface area contributed by atoms with Gasteiger partial charge in [0.05, 0.1) is 0 Å². The normalized spacial score (nSPS) is 16.6. The first kappa shape index (κ1) is 13.1. The summed E-state index contributed by atoms with van der Waals surface area (Å²) >= 11 is 0. The summed E-state index contributed by atoms with van der Waals surface area (Å²) in [4.78, 5) is 21.6. The first-order valence-corrected chi connectivity index (χ1v) is 5.81. The lowest BCUT2D eigenvalue weighted by Crippen LogP contribution is -2.24. The SMILES string of the molecule is COP(C)(=O)OC(=O)[C@H](C)OC(C)=O. The molecule has 0 bridgehead atoms. The minimum atomic E-state index is -3.37. The summed E-state index contributed by atoms with van der Waals surface area (Å²) in [6, 6.07) is 0. The predicted octanol–water partition coefficient (Wildman–Crippen LogP) is 0.950. The standard InChI is InChI=1S/C7H13O6P/c1-5(12-6(2)8)7(9)13-14(4,10)11-3/h5H,1-4H3/t5-,14?/m0/s1. The van der Waals surface area contributed by atoms with Gasteiger partial charge in [0.1, 0.15) is 0 Å². The number of hydrogen-bond donors (Lipinski definition) is 0. The Kier molecular flexibility index (Phi) is 4.80. The summed E-state index contributed by atoms with van der Waals surface area (Å²) in [7, 11) is -2.21. The fourth-order valence-corrected chi connectivity index (χ4v) is 1.12. The van der Waals surface area contributed by atoms with E-state index in [0.29, 0.717) is 0 Å². The molecule has 0 aliphatic rings. The van der Waals surface area contributed by atoms with Crippen LogP contribution >= 0.6 is 7.60 Å². The van der Waals surface area contributed by atoms with E-state index >= 15 is 0 Å². The van der Waals surface area contributed by atoms with E-state index in [1.807, 2.05) is 0 Å². The third-order valence-corrected chi connectivity index (χ3v) is 2.44. The van der Waals surface area contributed by atoms with Gasteiger partial charge < -0.3 is 13.8 Å². The molecule has 0 aromatic heterocycles. The lowest BCUT2D eigenvalue weighted by molar-refractivity contribution is -0.159. The molecule has 0 aromatic carbocycles. The first-order valence-electron chi connectivity index (χ1n) is 3.82. The van der Waals surface area contributed by atoms with Gasteiger partial charge in [-0.3, -0.25) is 4.79 Å². The van der Waals surface area contributed by atoms with Crippen molar-refractivity contribution < 1.29 is 27.9 Å². The Morgan fingerprint density at radius 2 is 1.86 bits per heavy atom. The summed E-state index contributed by atoms with van der Waals surface area (Å²) < 4.78 is 24.6.